The first-order valence-electron chi connectivity index (χ1n) is 9.12. The molecule has 0 aliphatic rings. The van der Waals surface area contributed by atoms with E-state index in [9.17, 15) is 9.59 Å². The number of nitrogens with one attached hydrogen (secondary N) is 2. The van der Waals surface area contributed by atoms with Crippen LogP contribution in [0.5, 0.6) is 5.75 Å². The lowest BCUT2D eigenvalue weighted by molar-refractivity contribution is -0.119. The molecule has 0 unspecified atom stereocenters. The number of ether oxygens (including phenoxy) is 1. The van der Waals surface area contributed by atoms with E-state index in [1.165, 1.54) is 11.8 Å². The Labute approximate surface area is 175 Å². The van der Waals surface area contributed by atoms with Gasteiger partial charge < -0.3 is 10.1 Å². The number of thioether (sulfide) groups is 1. The van der Waals surface area contributed by atoms with E-state index in [-0.39, 0.29) is 0 Å². The summed E-state index contributed by atoms with van der Waals surface area (Å²) < 4.78 is 7.06. The van der Waals surface area contributed by atoms with Crippen LogP contribution in [0.2, 0.25) is 0 Å². The minimum Gasteiger partial charge on any atom is -0.497 e. The average molecular weight is 418 g/mol. The molecule has 0 aliphatic carbocycles. The zero-order valence-corrected chi connectivity index (χ0v) is 18.2. The summed E-state index contributed by atoms with van der Waals surface area (Å²) in [5.74, 6) is 1.00. The number of hydrogen-bond donors (Lipinski definition) is 2. The molecule has 1 aromatic heterocycles. The highest BCUT2D eigenvalue weighted by atomic mass is 32.2. The van der Waals surface area contributed by atoms with Crippen molar-refractivity contribution in [1.82, 2.24) is 25.4 Å². The average Bonchev–Trinajstić information content (AvgIpc) is 3.03. The molecule has 2 rings (SSSR count). The van der Waals surface area contributed by atoms with Crippen molar-refractivity contribution >= 4 is 23.7 Å². The summed E-state index contributed by atoms with van der Waals surface area (Å²) in [6, 6.07) is 6.95. The standard InChI is InChI=1S/C20H27N5O3S/c1-7-12-25-16(14-8-10-15(28-6)11-9-14)23-24-19(25)29-13(2)17(26)21-18(27)22-20(3,4)5/h7-11,13H,1,12H2,2-6H3,(H2,21,22,26,27)/t13-/m0/s1. The van der Waals surface area contributed by atoms with Crippen LogP contribution in [0.15, 0.2) is 42.1 Å². The van der Waals surface area contributed by atoms with Gasteiger partial charge in [-0.25, -0.2) is 4.79 Å². The van der Waals surface area contributed by atoms with Crippen LogP contribution in [0.3, 0.4) is 0 Å². The molecule has 0 radical (unpaired) electrons. The number of carbonyl (C=O) groups excluding carboxylic acids is 2. The van der Waals surface area contributed by atoms with Crippen molar-refractivity contribution in [2.45, 2.75) is 50.2 Å². The van der Waals surface area contributed by atoms with Crippen LogP contribution in [-0.2, 0) is 11.3 Å². The predicted octanol–water partition coefficient (Wildman–Crippen LogP) is 3.24. The van der Waals surface area contributed by atoms with Crippen LogP contribution >= 0.6 is 11.8 Å². The second-order valence-corrected chi connectivity index (χ2v) is 8.70. The maximum absolute atomic E-state index is 12.4. The number of hydrogen-bond acceptors (Lipinski definition) is 6. The number of benzene rings is 1. The van der Waals surface area contributed by atoms with Crippen LogP contribution in [0, 0.1) is 0 Å². The number of imide groups is 1. The number of allylic oxidation sites excluding steroid dienone is 1. The first-order valence-corrected chi connectivity index (χ1v) is 10.0. The summed E-state index contributed by atoms with van der Waals surface area (Å²) in [7, 11) is 1.61. The zero-order valence-electron chi connectivity index (χ0n) is 17.4. The Morgan fingerprint density at radius 1 is 1.28 bits per heavy atom. The maximum Gasteiger partial charge on any atom is 0.321 e. The van der Waals surface area contributed by atoms with Crippen LogP contribution < -0.4 is 15.4 Å². The second kappa shape index (κ2) is 9.60. The Hall–Kier alpha value is -2.81. The van der Waals surface area contributed by atoms with Crippen molar-refractivity contribution in [3.8, 4) is 17.1 Å². The first kappa shape index (κ1) is 22.5. The number of nitrogens with zero attached hydrogens (tertiary/aromatic N) is 3. The van der Waals surface area contributed by atoms with E-state index in [1.807, 2.05) is 49.6 Å². The van der Waals surface area contributed by atoms with Gasteiger partial charge in [-0.05, 0) is 52.0 Å². The van der Waals surface area contributed by atoms with Crippen molar-refractivity contribution in [1.29, 1.82) is 0 Å². The highest BCUT2D eigenvalue weighted by Crippen LogP contribution is 2.28. The summed E-state index contributed by atoms with van der Waals surface area (Å²) in [6.07, 6.45) is 1.74. The molecule has 0 aliphatic heterocycles. The highest BCUT2D eigenvalue weighted by Gasteiger charge is 2.23. The Bertz CT molecular complexity index is 871. The molecule has 156 valence electrons. The molecule has 2 N–H and O–H groups in total. The molecule has 0 saturated heterocycles. The molecule has 1 heterocycles. The van der Waals surface area contributed by atoms with Gasteiger partial charge in [0.05, 0.1) is 12.4 Å². The lowest BCUT2D eigenvalue weighted by Crippen LogP contribution is -2.49. The van der Waals surface area contributed by atoms with E-state index in [1.54, 1.807) is 20.1 Å². The number of aromatic nitrogens is 3. The summed E-state index contributed by atoms with van der Waals surface area (Å²) in [4.78, 5) is 24.3. The Kier molecular flexibility index (Phi) is 7.44. The van der Waals surface area contributed by atoms with Crippen molar-refractivity contribution in [3.63, 3.8) is 0 Å². The fraction of sp³-hybridized carbons (Fsp3) is 0.400. The van der Waals surface area contributed by atoms with Crippen molar-refractivity contribution < 1.29 is 14.3 Å². The molecule has 8 nitrogen and oxygen atoms in total. The van der Waals surface area contributed by atoms with E-state index in [2.05, 4.69) is 27.4 Å². The van der Waals surface area contributed by atoms with E-state index < -0.39 is 22.7 Å². The molecule has 2 aromatic rings. The van der Waals surface area contributed by atoms with Gasteiger partial charge in [0.1, 0.15) is 5.75 Å². The van der Waals surface area contributed by atoms with E-state index in [0.717, 1.165) is 11.3 Å². The molecule has 1 aromatic carbocycles. The summed E-state index contributed by atoms with van der Waals surface area (Å²) in [5, 5.41) is 13.6. The molecule has 0 spiro atoms. The van der Waals surface area contributed by atoms with E-state index in [4.69, 9.17) is 4.74 Å². The van der Waals surface area contributed by atoms with Gasteiger partial charge in [-0.3, -0.25) is 14.7 Å². The molecule has 29 heavy (non-hydrogen) atoms. The third-order valence-corrected chi connectivity index (χ3v) is 4.83. The minimum absolute atomic E-state index is 0.407. The van der Waals surface area contributed by atoms with Crippen LogP contribution in [0.4, 0.5) is 4.79 Å². The summed E-state index contributed by atoms with van der Waals surface area (Å²) in [5.41, 5.74) is 0.437. The Balaban J connectivity index is 2.15. The Morgan fingerprint density at radius 3 is 2.48 bits per heavy atom. The quantitative estimate of drug-likeness (QED) is 0.530. The molecular formula is C20H27N5O3S. The number of methoxy groups -OCH3 is 1. The third-order valence-electron chi connectivity index (χ3n) is 3.75. The van der Waals surface area contributed by atoms with E-state index >= 15 is 0 Å². The number of carbonyl (C=O) groups is 2. The van der Waals surface area contributed by atoms with Gasteiger partial charge >= 0.3 is 6.03 Å². The third kappa shape index (κ3) is 6.35. The summed E-state index contributed by atoms with van der Waals surface area (Å²) >= 11 is 1.23. The molecular weight excluding hydrogens is 390 g/mol. The van der Waals surface area contributed by atoms with Crippen LogP contribution in [0.25, 0.3) is 11.4 Å². The fourth-order valence-corrected chi connectivity index (χ4v) is 3.28. The van der Waals surface area contributed by atoms with Gasteiger partial charge in [0, 0.05) is 17.6 Å². The van der Waals surface area contributed by atoms with Crippen molar-refractivity contribution in [3.05, 3.63) is 36.9 Å². The van der Waals surface area contributed by atoms with Gasteiger partial charge in [0.15, 0.2) is 11.0 Å². The second-order valence-electron chi connectivity index (χ2n) is 7.39. The minimum atomic E-state index is -0.544. The smallest absolute Gasteiger partial charge is 0.321 e. The Morgan fingerprint density at radius 2 is 1.93 bits per heavy atom. The summed E-state index contributed by atoms with van der Waals surface area (Å²) in [6.45, 7) is 11.5. The number of rotatable bonds is 7. The van der Waals surface area contributed by atoms with E-state index in [0.29, 0.717) is 17.5 Å². The molecule has 1 atom stereocenters. The predicted molar refractivity (Wildman–Crippen MR) is 114 cm³/mol. The lowest BCUT2D eigenvalue weighted by atomic mass is 10.1. The largest absolute Gasteiger partial charge is 0.497 e. The van der Waals surface area contributed by atoms with Gasteiger partial charge in [0.2, 0.25) is 5.91 Å². The zero-order chi connectivity index (χ0) is 21.6. The molecule has 0 fully saturated rings. The molecule has 3 amide bonds. The monoisotopic (exact) mass is 417 g/mol. The van der Waals surface area contributed by atoms with Gasteiger partial charge in [-0.1, -0.05) is 17.8 Å². The molecule has 0 bridgehead atoms. The van der Waals surface area contributed by atoms with Crippen LogP contribution in [0.1, 0.15) is 27.7 Å². The normalized spacial score (nSPS) is 12.2. The van der Waals surface area contributed by atoms with Gasteiger partial charge in [-0.15, -0.1) is 16.8 Å². The highest BCUT2D eigenvalue weighted by molar-refractivity contribution is 8.00. The first-order chi connectivity index (χ1) is 13.6. The number of urea groups is 1. The SMILES string of the molecule is C=CCn1c(S[C@@H](C)C(=O)NC(=O)NC(C)(C)C)nnc1-c1ccc(OC)cc1. The van der Waals surface area contributed by atoms with Crippen molar-refractivity contribution in [2.24, 2.45) is 0 Å². The fourth-order valence-electron chi connectivity index (χ4n) is 2.42. The van der Waals surface area contributed by atoms with Gasteiger partial charge in [-0.2, -0.15) is 0 Å². The maximum atomic E-state index is 12.4. The van der Waals surface area contributed by atoms with Gasteiger partial charge in [0.25, 0.3) is 0 Å². The molecule has 9 heteroatoms. The number of amides is 3. The molecule has 0 saturated carbocycles. The van der Waals surface area contributed by atoms with Crippen molar-refractivity contribution in [2.75, 3.05) is 7.11 Å². The topological polar surface area (TPSA) is 98.1 Å². The lowest BCUT2D eigenvalue weighted by Gasteiger charge is -2.21. The van der Waals surface area contributed by atoms with Crippen LogP contribution in [-0.4, -0.2) is 44.6 Å².